The van der Waals surface area contributed by atoms with Crippen LogP contribution in [0.5, 0.6) is 0 Å². The Labute approximate surface area is 317 Å². The Morgan fingerprint density at radius 1 is 0.529 bits per heavy atom. The number of unbranched alkanes of at least 4 members (excludes halogenated alkanes) is 27. The van der Waals surface area contributed by atoms with Crippen LogP contribution in [-0.2, 0) is 27.9 Å². The average molecular weight is 748 g/mol. The van der Waals surface area contributed by atoms with Crippen LogP contribution in [0.3, 0.4) is 0 Å². The zero-order chi connectivity index (χ0) is 37.7. The predicted octanol–water partition coefficient (Wildman–Crippen LogP) is 11.9. The summed E-state index contributed by atoms with van der Waals surface area (Å²) in [6.45, 7) is 5.46. The van der Waals surface area contributed by atoms with Gasteiger partial charge in [0.05, 0.1) is 34.4 Å². The van der Waals surface area contributed by atoms with Gasteiger partial charge in [-0.2, -0.15) is 0 Å². The molecule has 0 saturated heterocycles. The molecule has 51 heavy (non-hydrogen) atoms. The number of carbonyl (C=O) groups is 1. The monoisotopic (exact) mass is 748 g/mol. The number of hydrogen-bond acceptors (Lipinski definition) is 7. The molecule has 0 bridgehead atoms. The van der Waals surface area contributed by atoms with Gasteiger partial charge < -0.3 is 27.9 Å². The molecule has 0 radical (unpaired) electrons. The first-order valence-corrected chi connectivity index (χ1v) is 23.2. The van der Waals surface area contributed by atoms with Crippen molar-refractivity contribution >= 4 is 13.8 Å². The number of phosphoric acid groups is 1. The summed E-state index contributed by atoms with van der Waals surface area (Å²) >= 11 is 0. The van der Waals surface area contributed by atoms with E-state index < -0.39 is 13.9 Å². The van der Waals surface area contributed by atoms with Gasteiger partial charge in [-0.25, -0.2) is 0 Å². The van der Waals surface area contributed by atoms with Gasteiger partial charge in [-0.3, -0.25) is 9.36 Å². The Morgan fingerprint density at radius 2 is 0.902 bits per heavy atom. The number of carbonyl (C=O) groups excluding carboxylic acids is 1. The lowest BCUT2D eigenvalue weighted by Crippen LogP contribution is -2.37. The van der Waals surface area contributed by atoms with Gasteiger partial charge >= 0.3 is 5.97 Å². The summed E-state index contributed by atoms with van der Waals surface area (Å²) in [4.78, 5) is 25.0. The maximum Gasteiger partial charge on any atom is 0.306 e. The highest BCUT2D eigenvalue weighted by atomic mass is 31.2. The van der Waals surface area contributed by atoms with Crippen LogP contribution in [0.4, 0.5) is 0 Å². The van der Waals surface area contributed by atoms with Crippen molar-refractivity contribution in [2.45, 2.75) is 213 Å². The van der Waals surface area contributed by atoms with Gasteiger partial charge in [-0.1, -0.05) is 187 Å². The smallest absolute Gasteiger partial charge is 0.306 e. The van der Waals surface area contributed by atoms with E-state index in [-0.39, 0.29) is 25.8 Å². The molecule has 2 unspecified atom stereocenters. The lowest BCUT2D eigenvalue weighted by atomic mass is 10.0. The van der Waals surface area contributed by atoms with Gasteiger partial charge in [0.15, 0.2) is 0 Å². The second kappa shape index (κ2) is 36.5. The Kier molecular flexibility index (Phi) is 36.1. The molecule has 0 aromatic heterocycles. The van der Waals surface area contributed by atoms with Crippen molar-refractivity contribution in [2.24, 2.45) is 0 Å². The molecule has 0 amide bonds. The van der Waals surface area contributed by atoms with Crippen LogP contribution in [0, 0.1) is 0 Å². The molecule has 0 aliphatic rings. The summed E-state index contributed by atoms with van der Waals surface area (Å²) in [5, 5.41) is 0. The number of nitrogens with zero attached hydrogens (tertiary/aromatic N) is 1. The van der Waals surface area contributed by atoms with Crippen LogP contribution in [-0.4, -0.2) is 70.7 Å². The van der Waals surface area contributed by atoms with Gasteiger partial charge in [0.2, 0.25) is 0 Å². The molecule has 0 rings (SSSR count). The average Bonchev–Trinajstić information content (AvgIpc) is 3.08. The second-order valence-corrected chi connectivity index (χ2v) is 17.5. The molecule has 0 N–H and O–H groups in total. The lowest BCUT2D eigenvalue weighted by Gasteiger charge is -2.28. The van der Waals surface area contributed by atoms with E-state index >= 15 is 0 Å². The van der Waals surface area contributed by atoms with E-state index in [0.29, 0.717) is 24.1 Å². The number of hydrogen-bond donors (Lipinski definition) is 0. The number of esters is 1. The summed E-state index contributed by atoms with van der Waals surface area (Å²) in [6, 6.07) is 0. The molecule has 0 aliphatic heterocycles. The molecule has 8 nitrogen and oxygen atoms in total. The third-order valence-corrected chi connectivity index (χ3v) is 10.6. The van der Waals surface area contributed by atoms with E-state index in [0.717, 1.165) is 32.1 Å². The van der Waals surface area contributed by atoms with Gasteiger partial charge in [-0.05, 0) is 12.8 Å². The van der Waals surface area contributed by atoms with Crippen molar-refractivity contribution in [1.29, 1.82) is 0 Å². The fourth-order valence-electron chi connectivity index (χ4n) is 6.25. The maximum absolute atomic E-state index is 12.6. The van der Waals surface area contributed by atoms with E-state index in [1.807, 2.05) is 21.1 Å². The molecule has 0 fully saturated rings. The van der Waals surface area contributed by atoms with Crippen LogP contribution in [0.15, 0.2) is 0 Å². The summed E-state index contributed by atoms with van der Waals surface area (Å²) in [7, 11) is 1.37. The third-order valence-electron chi connectivity index (χ3n) is 9.66. The van der Waals surface area contributed by atoms with E-state index in [2.05, 4.69) is 13.8 Å². The predicted molar refractivity (Wildman–Crippen MR) is 213 cm³/mol. The molecule has 2 atom stereocenters. The molecular weight excluding hydrogens is 661 g/mol. The molecule has 0 saturated carbocycles. The minimum Gasteiger partial charge on any atom is -0.756 e. The second-order valence-electron chi connectivity index (χ2n) is 16.1. The minimum absolute atomic E-state index is 0.0313. The Balaban J connectivity index is 4.19. The molecule has 9 heteroatoms. The molecule has 0 spiro atoms. The molecule has 0 aromatic carbocycles. The van der Waals surface area contributed by atoms with E-state index in [1.54, 1.807) is 0 Å². The highest BCUT2D eigenvalue weighted by Gasteiger charge is 2.20. The zero-order valence-electron chi connectivity index (χ0n) is 34.6. The number of ether oxygens (including phenoxy) is 2. The minimum atomic E-state index is -4.51. The summed E-state index contributed by atoms with van der Waals surface area (Å²) in [6.07, 6.45) is 36.7. The van der Waals surface area contributed by atoms with Crippen molar-refractivity contribution < 1.29 is 37.3 Å². The largest absolute Gasteiger partial charge is 0.756 e. The standard InChI is InChI=1S/C42H86NO7P/c1-6-8-10-12-14-16-18-20-22-24-26-28-30-32-34-37-47-39-41(40-49-51(45,46)48-38-36-43(3,4)5)50-42(44)35-33-31-29-27-25-23-21-19-17-15-13-11-9-7-2/h41H,6-40H2,1-5H3. The molecule has 306 valence electrons. The zero-order valence-corrected chi connectivity index (χ0v) is 35.5. The number of phosphoric ester groups is 1. The SMILES string of the molecule is CCCCCCCCCCCCCCCCCOCC(COP(=O)([O-])OCC[N+](C)(C)C)OC(=O)CCCCCCCCCCCCCCCC. The summed E-state index contributed by atoms with van der Waals surface area (Å²) < 4.78 is 34.6. The highest BCUT2D eigenvalue weighted by Crippen LogP contribution is 2.38. The van der Waals surface area contributed by atoms with E-state index in [9.17, 15) is 14.3 Å². The van der Waals surface area contributed by atoms with Gasteiger partial charge in [0.25, 0.3) is 7.82 Å². The molecular formula is C42H86NO7P. The molecule has 0 aliphatic carbocycles. The van der Waals surface area contributed by atoms with Crippen molar-refractivity contribution in [3.05, 3.63) is 0 Å². The lowest BCUT2D eigenvalue weighted by molar-refractivity contribution is -0.870. The Hall–Kier alpha value is -0.500. The van der Waals surface area contributed by atoms with E-state index in [1.165, 1.54) is 154 Å². The molecule has 0 heterocycles. The summed E-state index contributed by atoms with van der Waals surface area (Å²) in [5.41, 5.74) is 0. The van der Waals surface area contributed by atoms with Crippen LogP contribution >= 0.6 is 7.82 Å². The Morgan fingerprint density at radius 3 is 1.29 bits per heavy atom. The Bertz CT molecular complexity index is 792. The van der Waals surface area contributed by atoms with Crippen molar-refractivity contribution in [3.63, 3.8) is 0 Å². The van der Waals surface area contributed by atoms with Gasteiger partial charge in [0.1, 0.15) is 19.3 Å². The van der Waals surface area contributed by atoms with Gasteiger partial charge in [0, 0.05) is 13.0 Å². The topological polar surface area (TPSA) is 94.1 Å². The van der Waals surface area contributed by atoms with E-state index in [4.69, 9.17) is 18.5 Å². The van der Waals surface area contributed by atoms with Crippen molar-refractivity contribution in [3.8, 4) is 0 Å². The van der Waals surface area contributed by atoms with Crippen molar-refractivity contribution in [1.82, 2.24) is 0 Å². The first kappa shape index (κ1) is 50.5. The number of quaternary nitrogens is 1. The van der Waals surface area contributed by atoms with Crippen LogP contribution in [0.1, 0.15) is 206 Å². The van der Waals surface area contributed by atoms with Crippen LogP contribution < -0.4 is 4.89 Å². The van der Waals surface area contributed by atoms with Crippen LogP contribution in [0.2, 0.25) is 0 Å². The van der Waals surface area contributed by atoms with Crippen molar-refractivity contribution in [2.75, 3.05) is 54.1 Å². The number of likely N-dealkylation sites (N-methyl/N-ethyl adjacent to an activating group) is 1. The highest BCUT2D eigenvalue weighted by molar-refractivity contribution is 7.45. The van der Waals surface area contributed by atoms with Crippen LogP contribution in [0.25, 0.3) is 0 Å². The number of rotatable bonds is 41. The quantitative estimate of drug-likeness (QED) is 0.0266. The first-order valence-electron chi connectivity index (χ1n) is 21.8. The van der Waals surface area contributed by atoms with Gasteiger partial charge in [-0.15, -0.1) is 0 Å². The molecule has 0 aromatic rings. The fraction of sp³-hybridized carbons (Fsp3) is 0.976. The first-order chi connectivity index (χ1) is 24.6. The third kappa shape index (κ3) is 40.5. The maximum atomic E-state index is 12.6. The normalized spacial score (nSPS) is 13.8. The summed E-state index contributed by atoms with van der Waals surface area (Å²) in [5.74, 6) is -0.329. The fourth-order valence-corrected chi connectivity index (χ4v) is 6.98.